The van der Waals surface area contributed by atoms with Gasteiger partial charge in [-0.15, -0.1) is 0 Å². The molecular formula is C18H18Cl2O3. The molecule has 3 nitrogen and oxygen atoms in total. The van der Waals surface area contributed by atoms with Crippen molar-refractivity contribution >= 4 is 29.2 Å². The van der Waals surface area contributed by atoms with Crippen molar-refractivity contribution in [1.29, 1.82) is 0 Å². The fourth-order valence-electron chi connectivity index (χ4n) is 2.08. The maximum Gasteiger partial charge on any atom is 0.349 e. The Hall–Kier alpha value is -1.71. The smallest absolute Gasteiger partial charge is 0.349 e. The Bertz CT molecular complexity index is 686. The number of rotatable bonds is 6. The lowest BCUT2D eigenvalue weighted by molar-refractivity contribution is -0.136. The first-order chi connectivity index (χ1) is 11.0. The van der Waals surface area contributed by atoms with Gasteiger partial charge >= 0.3 is 5.97 Å². The molecule has 0 aliphatic carbocycles. The number of para-hydroxylation sites is 1. The minimum Gasteiger partial charge on any atom is -0.480 e. The van der Waals surface area contributed by atoms with Gasteiger partial charge in [0.15, 0.2) is 6.61 Å². The minimum absolute atomic E-state index is 0.226. The van der Waals surface area contributed by atoms with Crippen LogP contribution in [0, 0.1) is 0 Å². The summed E-state index contributed by atoms with van der Waals surface area (Å²) in [6.07, 6.45) is 0.964. The second-order valence-corrected chi connectivity index (χ2v) is 6.03. The number of esters is 1. The maximum atomic E-state index is 12.0. The van der Waals surface area contributed by atoms with Crippen LogP contribution in [0.3, 0.4) is 0 Å². The van der Waals surface area contributed by atoms with Crippen LogP contribution in [0.4, 0.5) is 0 Å². The lowest BCUT2D eigenvalue weighted by Gasteiger charge is -2.15. The molecule has 0 aromatic heterocycles. The SMILES string of the molecule is CCC(C)c1ccccc1OC(=O)COc1ccc(Cl)cc1Cl. The number of hydrogen-bond donors (Lipinski definition) is 0. The first-order valence-corrected chi connectivity index (χ1v) is 8.14. The average molecular weight is 353 g/mol. The molecule has 0 N–H and O–H groups in total. The summed E-state index contributed by atoms with van der Waals surface area (Å²) in [5.41, 5.74) is 1.01. The zero-order chi connectivity index (χ0) is 16.8. The number of carbonyl (C=O) groups excluding carboxylic acids is 1. The molecule has 1 unspecified atom stereocenters. The predicted molar refractivity (Wildman–Crippen MR) is 92.7 cm³/mol. The monoisotopic (exact) mass is 352 g/mol. The van der Waals surface area contributed by atoms with Gasteiger partial charge < -0.3 is 9.47 Å². The summed E-state index contributed by atoms with van der Waals surface area (Å²) >= 11 is 11.8. The van der Waals surface area contributed by atoms with Crippen LogP contribution < -0.4 is 9.47 Å². The van der Waals surface area contributed by atoms with Crippen molar-refractivity contribution < 1.29 is 14.3 Å². The van der Waals surface area contributed by atoms with E-state index in [1.165, 1.54) is 0 Å². The lowest BCUT2D eigenvalue weighted by Crippen LogP contribution is -2.18. The molecule has 0 saturated carbocycles. The van der Waals surface area contributed by atoms with Crippen LogP contribution >= 0.6 is 23.2 Å². The third-order valence-electron chi connectivity index (χ3n) is 3.53. The van der Waals surface area contributed by atoms with Crippen molar-refractivity contribution in [2.45, 2.75) is 26.2 Å². The van der Waals surface area contributed by atoms with Gasteiger partial charge in [0.25, 0.3) is 0 Å². The highest BCUT2D eigenvalue weighted by Crippen LogP contribution is 2.29. The molecule has 0 heterocycles. The van der Waals surface area contributed by atoms with E-state index >= 15 is 0 Å². The second kappa shape index (κ2) is 8.23. The van der Waals surface area contributed by atoms with Gasteiger partial charge in [-0.05, 0) is 42.2 Å². The summed E-state index contributed by atoms with van der Waals surface area (Å²) in [5.74, 6) is 0.790. The van der Waals surface area contributed by atoms with E-state index in [1.807, 2.05) is 18.2 Å². The van der Waals surface area contributed by atoms with Crippen molar-refractivity contribution in [3.63, 3.8) is 0 Å². The van der Waals surface area contributed by atoms with Gasteiger partial charge in [-0.3, -0.25) is 0 Å². The number of hydrogen-bond acceptors (Lipinski definition) is 3. The molecule has 0 amide bonds. The lowest BCUT2D eigenvalue weighted by atomic mass is 9.98. The molecule has 0 aliphatic rings. The van der Waals surface area contributed by atoms with Gasteiger partial charge in [0.2, 0.25) is 0 Å². The molecule has 2 rings (SSSR count). The molecule has 0 bridgehead atoms. The van der Waals surface area contributed by atoms with Crippen molar-refractivity contribution in [1.82, 2.24) is 0 Å². The third kappa shape index (κ3) is 4.88. The van der Waals surface area contributed by atoms with Gasteiger partial charge in [0.1, 0.15) is 11.5 Å². The number of halogens is 2. The Morgan fingerprint density at radius 1 is 1.13 bits per heavy atom. The highest BCUT2D eigenvalue weighted by Gasteiger charge is 2.14. The molecule has 122 valence electrons. The Balaban J connectivity index is 2.00. The summed E-state index contributed by atoms with van der Waals surface area (Å²) in [6.45, 7) is 3.96. The van der Waals surface area contributed by atoms with Crippen molar-refractivity contribution in [2.24, 2.45) is 0 Å². The van der Waals surface area contributed by atoms with Gasteiger partial charge in [-0.2, -0.15) is 0 Å². The molecule has 0 fully saturated rings. The Morgan fingerprint density at radius 2 is 1.87 bits per heavy atom. The molecule has 5 heteroatoms. The van der Waals surface area contributed by atoms with E-state index in [-0.39, 0.29) is 6.61 Å². The largest absolute Gasteiger partial charge is 0.480 e. The van der Waals surface area contributed by atoms with E-state index < -0.39 is 5.97 Å². The van der Waals surface area contributed by atoms with Crippen LogP contribution in [0.5, 0.6) is 11.5 Å². The molecule has 2 aromatic carbocycles. The first-order valence-electron chi connectivity index (χ1n) is 7.38. The first kappa shape index (κ1) is 17.6. The third-order valence-corrected chi connectivity index (χ3v) is 4.06. The van der Waals surface area contributed by atoms with Gasteiger partial charge in [0.05, 0.1) is 5.02 Å². The fraction of sp³-hybridized carbons (Fsp3) is 0.278. The molecule has 0 saturated heterocycles. The molecular weight excluding hydrogens is 335 g/mol. The van der Waals surface area contributed by atoms with E-state index in [4.69, 9.17) is 32.7 Å². The van der Waals surface area contributed by atoms with E-state index in [0.29, 0.717) is 27.5 Å². The zero-order valence-electron chi connectivity index (χ0n) is 13.0. The summed E-state index contributed by atoms with van der Waals surface area (Å²) in [6, 6.07) is 12.3. The van der Waals surface area contributed by atoms with Gasteiger partial charge in [-0.25, -0.2) is 4.79 Å². The molecule has 2 aromatic rings. The van der Waals surface area contributed by atoms with Crippen LogP contribution in [0.2, 0.25) is 10.0 Å². The molecule has 23 heavy (non-hydrogen) atoms. The zero-order valence-corrected chi connectivity index (χ0v) is 14.5. The van der Waals surface area contributed by atoms with Crippen LogP contribution in [0.25, 0.3) is 0 Å². The normalized spacial score (nSPS) is 11.8. The topological polar surface area (TPSA) is 35.5 Å². The molecule has 0 spiro atoms. The maximum absolute atomic E-state index is 12.0. The van der Waals surface area contributed by atoms with Gasteiger partial charge in [-0.1, -0.05) is 55.2 Å². The predicted octanol–water partition coefficient (Wildman–Crippen LogP) is 5.49. The summed E-state index contributed by atoms with van der Waals surface area (Å²) in [4.78, 5) is 12.0. The summed E-state index contributed by atoms with van der Waals surface area (Å²) in [7, 11) is 0. The fourth-order valence-corrected chi connectivity index (χ4v) is 2.54. The molecule has 0 radical (unpaired) electrons. The van der Waals surface area contributed by atoms with Crippen molar-refractivity contribution in [3.8, 4) is 11.5 Å². The average Bonchev–Trinajstić information content (AvgIpc) is 2.54. The quantitative estimate of drug-likeness (QED) is 0.509. The molecule has 0 aliphatic heterocycles. The van der Waals surface area contributed by atoms with E-state index in [9.17, 15) is 4.79 Å². The number of carbonyl (C=O) groups is 1. The second-order valence-electron chi connectivity index (χ2n) is 5.18. The van der Waals surface area contributed by atoms with Crippen LogP contribution in [-0.2, 0) is 4.79 Å². The van der Waals surface area contributed by atoms with Crippen LogP contribution in [0.15, 0.2) is 42.5 Å². The van der Waals surface area contributed by atoms with Crippen LogP contribution in [-0.4, -0.2) is 12.6 Å². The highest BCUT2D eigenvalue weighted by atomic mass is 35.5. The Morgan fingerprint density at radius 3 is 2.57 bits per heavy atom. The summed E-state index contributed by atoms with van der Waals surface area (Å²) < 4.78 is 10.8. The molecule has 1 atom stereocenters. The van der Waals surface area contributed by atoms with Crippen molar-refractivity contribution in [2.75, 3.05) is 6.61 Å². The van der Waals surface area contributed by atoms with Crippen molar-refractivity contribution in [3.05, 3.63) is 58.1 Å². The highest BCUT2D eigenvalue weighted by molar-refractivity contribution is 6.35. The van der Waals surface area contributed by atoms with Crippen LogP contribution in [0.1, 0.15) is 31.7 Å². The Kier molecular flexibility index (Phi) is 6.31. The van der Waals surface area contributed by atoms with E-state index in [2.05, 4.69) is 13.8 Å². The number of ether oxygens (including phenoxy) is 2. The van der Waals surface area contributed by atoms with Gasteiger partial charge in [0, 0.05) is 5.02 Å². The summed E-state index contributed by atoms with van der Waals surface area (Å²) in [5, 5.41) is 0.859. The standard InChI is InChI=1S/C18H18Cl2O3/c1-3-12(2)14-6-4-5-7-16(14)23-18(21)11-22-17-9-8-13(19)10-15(17)20/h4-10,12H,3,11H2,1-2H3. The van der Waals surface area contributed by atoms with E-state index in [0.717, 1.165) is 12.0 Å². The van der Waals surface area contributed by atoms with E-state index in [1.54, 1.807) is 24.3 Å². The Labute approximate surface area is 146 Å². The number of benzene rings is 2. The minimum atomic E-state index is -0.480.